The minimum Gasteiger partial charge on any atom is -0.449 e. The summed E-state index contributed by atoms with van der Waals surface area (Å²) in [6.07, 6.45) is -0.136. The summed E-state index contributed by atoms with van der Waals surface area (Å²) in [4.78, 5) is 48.5. The van der Waals surface area contributed by atoms with Gasteiger partial charge in [0.25, 0.3) is 11.8 Å². The van der Waals surface area contributed by atoms with Crippen molar-refractivity contribution in [2.75, 3.05) is 5.32 Å². The van der Waals surface area contributed by atoms with Crippen LogP contribution in [0.3, 0.4) is 0 Å². The first kappa shape index (κ1) is 21.0. The van der Waals surface area contributed by atoms with Crippen LogP contribution in [0.25, 0.3) is 0 Å². The molecule has 0 radical (unpaired) electrons. The third kappa shape index (κ3) is 4.32. The molecule has 2 aromatic rings. The van der Waals surface area contributed by atoms with Gasteiger partial charge in [0.1, 0.15) is 5.54 Å². The minimum atomic E-state index is -1.29. The lowest BCUT2D eigenvalue weighted by molar-refractivity contribution is -0.124. The van der Waals surface area contributed by atoms with Crippen molar-refractivity contribution in [2.24, 2.45) is 0 Å². The second kappa shape index (κ2) is 8.36. The van der Waals surface area contributed by atoms with Crippen molar-refractivity contribution >= 4 is 29.5 Å². The van der Waals surface area contributed by atoms with Crippen LogP contribution in [0.5, 0.6) is 0 Å². The van der Waals surface area contributed by atoms with Gasteiger partial charge in [0.2, 0.25) is 0 Å². The number of ether oxygens (including phenoxy) is 1. The van der Waals surface area contributed by atoms with Gasteiger partial charge < -0.3 is 15.4 Å². The summed E-state index contributed by atoms with van der Waals surface area (Å²) < 4.78 is 5.27. The highest BCUT2D eigenvalue weighted by molar-refractivity contribution is 6.07. The van der Waals surface area contributed by atoms with Gasteiger partial charge in [0.05, 0.1) is 5.56 Å². The number of amides is 4. The summed E-state index contributed by atoms with van der Waals surface area (Å²) >= 11 is 0. The number of hydrogen-bond donors (Lipinski definition) is 3. The van der Waals surface area contributed by atoms with Gasteiger partial charge >= 0.3 is 12.0 Å². The van der Waals surface area contributed by atoms with Crippen LogP contribution in [0.4, 0.5) is 10.5 Å². The number of urea groups is 1. The molecule has 1 aliphatic heterocycles. The molecule has 30 heavy (non-hydrogen) atoms. The average molecular weight is 409 g/mol. The summed E-state index contributed by atoms with van der Waals surface area (Å²) in [6, 6.07) is 13.0. The van der Waals surface area contributed by atoms with Gasteiger partial charge in [-0.15, -0.1) is 0 Å². The fourth-order valence-corrected chi connectivity index (χ4v) is 3.05. The molecule has 0 spiro atoms. The lowest BCUT2D eigenvalue weighted by atomic mass is 9.91. The Hall–Kier alpha value is -3.68. The molecule has 8 heteroatoms. The summed E-state index contributed by atoms with van der Waals surface area (Å²) in [5.41, 5.74) is 1.05. The van der Waals surface area contributed by atoms with Gasteiger partial charge in [-0.2, -0.15) is 0 Å². The van der Waals surface area contributed by atoms with E-state index < -0.39 is 35.5 Å². The van der Waals surface area contributed by atoms with E-state index in [1.165, 1.54) is 26.0 Å². The van der Waals surface area contributed by atoms with Crippen molar-refractivity contribution in [3.63, 3.8) is 0 Å². The first-order valence-electron chi connectivity index (χ1n) is 9.58. The van der Waals surface area contributed by atoms with E-state index in [4.69, 9.17) is 4.74 Å². The Morgan fingerprint density at radius 3 is 2.43 bits per heavy atom. The molecule has 1 fully saturated rings. The highest BCUT2D eigenvalue weighted by Gasteiger charge is 2.43. The number of rotatable bonds is 6. The van der Waals surface area contributed by atoms with E-state index in [1.54, 1.807) is 24.3 Å². The van der Waals surface area contributed by atoms with E-state index in [9.17, 15) is 19.2 Å². The van der Waals surface area contributed by atoms with Crippen LogP contribution in [0.1, 0.15) is 42.3 Å². The zero-order valence-corrected chi connectivity index (χ0v) is 16.9. The quantitative estimate of drug-likeness (QED) is 0.501. The minimum absolute atomic E-state index is 0.162. The summed E-state index contributed by atoms with van der Waals surface area (Å²) in [5.74, 6) is -1.69. The molecular weight excluding hydrogens is 386 g/mol. The fourth-order valence-electron chi connectivity index (χ4n) is 3.05. The van der Waals surface area contributed by atoms with Crippen LogP contribution >= 0.6 is 0 Å². The van der Waals surface area contributed by atoms with Crippen molar-refractivity contribution in [3.05, 3.63) is 65.2 Å². The van der Waals surface area contributed by atoms with Crippen molar-refractivity contribution < 1.29 is 23.9 Å². The molecule has 3 N–H and O–H groups in total. The third-order valence-electron chi connectivity index (χ3n) is 5.00. The molecule has 3 rings (SSSR count). The molecule has 2 aromatic carbocycles. The fraction of sp³-hybridized carbons (Fsp3) is 0.273. The monoisotopic (exact) mass is 409 g/mol. The van der Waals surface area contributed by atoms with E-state index >= 15 is 0 Å². The Bertz CT molecular complexity index is 1000. The summed E-state index contributed by atoms with van der Waals surface area (Å²) in [5, 5.41) is 7.42. The first-order chi connectivity index (χ1) is 14.2. The van der Waals surface area contributed by atoms with E-state index in [0.717, 1.165) is 12.0 Å². The van der Waals surface area contributed by atoms with Crippen LogP contribution in [0.2, 0.25) is 0 Å². The number of nitrogens with one attached hydrogen (secondary N) is 3. The Morgan fingerprint density at radius 2 is 1.83 bits per heavy atom. The Morgan fingerprint density at radius 1 is 1.13 bits per heavy atom. The van der Waals surface area contributed by atoms with Gasteiger partial charge in [-0.1, -0.05) is 31.2 Å². The molecule has 0 aromatic heterocycles. The molecule has 156 valence electrons. The predicted molar refractivity (Wildman–Crippen MR) is 110 cm³/mol. The van der Waals surface area contributed by atoms with Crippen LogP contribution in [-0.4, -0.2) is 29.9 Å². The molecule has 1 aliphatic rings. The maximum atomic E-state index is 12.5. The summed E-state index contributed by atoms with van der Waals surface area (Å²) in [7, 11) is 0. The maximum Gasteiger partial charge on any atom is 0.338 e. The molecule has 1 heterocycles. The zero-order valence-electron chi connectivity index (χ0n) is 16.9. The standard InChI is InChI=1S/C22H23N3O5/c1-4-14-8-10-17(11-9-14)23-18(26)13(2)30-19(27)15-6-5-7-16(12-15)22(3)20(28)24-21(29)25-22/h5-13H,4H2,1-3H3,(H,23,26)(H2,24,25,28,29)/t13-,22-/m0/s1. The van der Waals surface area contributed by atoms with Crippen LogP contribution < -0.4 is 16.0 Å². The SMILES string of the molecule is CCc1ccc(NC(=O)[C@H](C)OC(=O)c2cccc([C@]3(C)NC(=O)NC3=O)c2)cc1. The molecule has 0 unspecified atom stereocenters. The van der Waals surface area contributed by atoms with Crippen molar-refractivity contribution in [1.29, 1.82) is 0 Å². The van der Waals surface area contributed by atoms with E-state index in [1.807, 2.05) is 19.1 Å². The van der Waals surface area contributed by atoms with E-state index in [2.05, 4.69) is 16.0 Å². The smallest absolute Gasteiger partial charge is 0.338 e. The number of imide groups is 1. The normalized spacial score (nSPS) is 18.9. The lowest BCUT2D eigenvalue weighted by Crippen LogP contribution is -2.40. The van der Waals surface area contributed by atoms with Gasteiger partial charge in [-0.3, -0.25) is 14.9 Å². The first-order valence-corrected chi connectivity index (χ1v) is 9.58. The van der Waals surface area contributed by atoms with Crippen molar-refractivity contribution in [3.8, 4) is 0 Å². The van der Waals surface area contributed by atoms with Gasteiger partial charge in [0, 0.05) is 5.69 Å². The maximum absolute atomic E-state index is 12.5. The molecule has 0 saturated carbocycles. The lowest BCUT2D eigenvalue weighted by Gasteiger charge is -2.21. The van der Waals surface area contributed by atoms with Gasteiger partial charge in [-0.05, 0) is 55.7 Å². The molecule has 1 saturated heterocycles. The second-order valence-electron chi connectivity index (χ2n) is 7.20. The average Bonchev–Trinajstić information content (AvgIpc) is 3.01. The van der Waals surface area contributed by atoms with Gasteiger partial charge in [-0.25, -0.2) is 9.59 Å². The number of benzene rings is 2. The molecule has 0 aliphatic carbocycles. The highest BCUT2D eigenvalue weighted by atomic mass is 16.5. The van der Waals surface area contributed by atoms with E-state index in [-0.39, 0.29) is 5.56 Å². The molecular formula is C22H23N3O5. The highest BCUT2D eigenvalue weighted by Crippen LogP contribution is 2.25. The molecule has 0 bridgehead atoms. The number of aryl methyl sites for hydroxylation is 1. The van der Waals surface area contributed by atoms with Crippen LogP contribution in [0.15, 0.2) is 48.5 Å². The third-order valence-corrected chi connectivity index (χ3v) is 5.00. The largest absolute Gasteiger partial charge is 0.449 e. The molecule has 4 amide bonds. The number of esters is 1. The molecule has 2 atom stereocenters. The van der Waals surface area contributed by atoms with Gasteiger partial charge in [0.15, 0.2) is 6.10 Å². The predicted octanol–water partition coefficient (Wildman–Crippen LogP) is 2.49. The Labute approximate surface area is 174 Å². The summed E-state index contributed by atoms with van der Waals surface area (Å²) in [6.45, 7) is 5.05. The Balaban J connectivity index is 1.67. The molecule has 8 nitrogen and oxygen atoms in total. The van der Waals surface area contributed by atoms with Crippen LogP contribution in [-0.2, 0) is 26.3 Å². The topological polar surface area (TPSA) is 114 Å². The number of carbonyl (C=O) groups is 4. The van der Waals surface area contributed by atoms with Crippen LogP contribution in [0, 0.1) is 0 Å². The van der Waals surface area contributed by atoms with Crippen molar-refractivity contribution in [1.82, 2.24) is 10.6 Å². The zero-order chi connectivity index (χ0) is 21.9. The number of hydrogen-bond acceptors (Lipinski definition) is 5. The number of carbonyl (C=O) groups excluding carboxylic acids is 4. The van der Waals surface area contributed by atoms with Crippen molar-refractivity contribution in [2.45, 2.75) is 38.8 Å². The Kier molecular flexibility index (Phi) is 5.86. The number of anilines is 1. The second-order valence-corrected chi connectivity index (χ2v) is 7.20. The van der Waals surface area contributed by atoms with E-state index in [0.29, 0.717) is 11.3 Å².